The van der Waals surface area contributed by atoms with Crippen LogP contribution < -0.4 is 27.2 Å². The second-order valence-electron chi connectivity index (χ2n) is 16.9. The molecule has 0 saturated heterocycles. The van der Waals surface area contributed by atoms with Crippen molar-refractivity contribution < 1.29 is 4.74 Å². The molecule has 66 heavy (non-hydrogen) atoms. The molecular formula is C61H45GeN3O. The summed E-state index contributed by atoms with van der Waals surface area (Å²) in [4.78, 5) is 2.39. The Balaban J connectivity index is 1.13. The van der Waals surface area contributed by atoms with Crippen LogP contribution in [0.2, 0.25) is 0 Å². The van der Waals surface area contributed by atoms with Crippen molar-refractivity contribution >= 4 is 91.5 Å². The molecule has 0 unspecified atom stereocenters. The summed E-state index contributed by atoms with van der Waals surface area (Å²) in [5.74, 6) is 0.818. The van der Waals surface area contributed by atoms with Crippen molar-refractivity contribution in [3.05, 3.63) is 255 Å². The van der Waals surface area contributed by atoms with E-state index in [0.717, 1.165) is 39.7 Å². The molecule has 12 aromatic rings. The van der Waals surface area contributed by atoms with Crippen molar-refractivity contribution in [1.29, 1.82) is 0 Å². The van der Waals surface area contributed by atoms with Gasteiger partial charge in [0.1, 0.15) is 0 Å². The fourth-order valence-electron chi connectivity index (χ4n) is 10.4. The van der Waals surface area contributed by atoms with E-state index in [0.29, 0.717) is 0 Å². The first kappa shape index (κ1) is 39.5. The van der Waals surface area contributed by atoms with Gasteiger partial charge in [0.05, 0.1) is 7.11 Å². The van der Waals surface area contributed by atoms with E-state index in [1.54, 1.807) is 7.11 Å². The molecule has 0 aliphatic carbocycles. The molecule has 0 spiro atoms. The van der Waals surface area contributed by atoms with Gasteiger partial charge in [0, 0.05) is 5.69 Å². The molecule has 12 rings (SSSR count). The van der Waals surface area contributed by atoms with E-state index in [1.165, 1.54) is 55.7 Å². The molecule has 10 aromatic carbocycles. The molecule has 0 saturated carbocycles. The van der Waals surface area contributed by atoms with E-state index < -0.39 is 13.3 Å². The first-order valence-electron chi connectivity index (χ1n) is 22.5. The summed E-state index contributed by atoms with van der Waals surface area (Å²) >= 11 is -3.61. The van der Waals surface area contributed by atoms with Gasteiger partial charge in [-0.2, -0.15) is 0 Å². The Morgan fingerprint density at radius 3 is 1.18 bits per heavy atom. The summed E-state index contributed by atoms with van der Waals surface area (Å²) in [6.07, 6.45) is 0. The van der Waals surface area contributed by atoms with Gasteiger partial charge in [-0.3, -0.25) is 0 Å². The summed E-state index contributed by atoms with van der Waals surface area (Å²) in [5.41, 5.74) is 10.1. The average Bonchev–Trinajstić information content (AvgIpc) is 3.90. The molecular weight excluding hydrogens is 863 g/mol. The summed E-state index contributed by atoms with van der Waals surface area (Å²) in [7, 11) is 1.72. The first-order valence-corrected chi connectivity index (χ1v) is 26.7. The number of aromatic nitrogens is 2. The maximum atomic E-state index is 5.68. The topological polar surface area (TPSA) is 22.3 Å². The molecule has 0 amide bonds. The van der Waals surface area contributed by atoms with E-state index >= 15 is 0 Å². The number of methoxy groups -OCH3 is 1. The number of hydrogen-bond donors (Lipinski definition) is 0. The fourth-order valence-corrected chi connectivity index (χ4v) is 20.4. The van der Waals surface area contributed by atoms with Crippen LogP contribution in [0.4, 0.5) is 17.1 Å². The Kier molecular flexibility index (Phi) is 9.88. The number of ether oxygens (including phenoxy) is 1. The molecule has 0 aliphatic rings. The fraction of sp³-hybridized carbons (Fsp3) is 0.0164. The van der Waals surface area contributed by atoms with Crippen molar-refractivity contribution in [2.75, 3.05) is 12.0 Å². The van der Waals surface area contributed by atoms with Gasteiger partial charge in [-0.05, 0) is 18.2 Å². The van der Waals surface area contributed by atoms with Crippen LogP contribution in [0.5, 0.6) is 5.75 Å². The number of benzene rings is 10. The third-order valence-electron chi connectivity index (χ3n) is 13.3. The molecule has 0 N–H and O–H groups in total. The van der Waals surface area contributed by atoms with Crippen molar-refractivity contribution in [1.82, 2.24) is 9.13 Å². The minimum atomic E-state index is -3.61. The van der Waals surface area contributed by atoms with Crippen molar-refractivity contribution in [3.63, 3.8) is 0 Å². The maximum absolute atomic E-state index is 5.68. The summed E-state index contributed by atoms with van der Waals surface area (Å²) < 4.78 is 16.1. The molecule has 0 bridgehead atoms. The summed E-state index contributed by atoms with van der Waals surface area (Å²) in [6, 6.07) is 93.7. The van der Waals surface area contributed by atoms with Gasteiger partial charge < -0.3 is 0 Å². The summed E-state index contributed by atoms with van der Waals surface area (Å²) in [6.45, 7) is 0. The van der Waals surface area contributed by atoms with Crippen LogP contribution in [0.15, 0.2) is 255 Å². The van der Waals surface area contributed by atoms with Crippen LogP contribution in [0.3, 0.4) is 0 Å². The second-order valence-corrected chi connectivity index (χ2v) is 24.9. The molecule has 0 radical (unpaired) electrons. The second kappa shape index (κ2) is 16.5. The minimum absolute atomic E-state index is 0.818. The zero-order valence-corrected chi connectivity index (χ0v) is 38.6. The molecule has 2 heterocycles. The Hall–Kier alpha value is -8.06. The van der Waals surface area contributed by atoms with Gasteiger partial charge >= 0.3 is 328 Å². The number of nitrogens with zero attached hydrogens (tertiary/aromatic N) is 3. The number of fused-ring (bicyclic) bond motifs is 6. The normalized spacial score (nSPS) is 11.7. The Morgan fingerprint density at radius 2 is 0.697 bits per heavy atom. The summed E-state index contributed by atoms with van der Waals surface area (Å²) in [5, 5.41) is 4.83. The Labute approximate surface area is 387 Å². The quantitative estimate of drug-likeness (QED) is 0.128. The van der Waals surface area contributed by atoms with E-state index in [2.05, 4.69) is 269 Å². The van der Waals surface area contributed by atoms with Crippen LogP contribution >= 0.6 is 0 Å². The monoisotopic (exact) mass is 909 g/mol. The molecule has 0 fully saturated rings. The van der Waals surface area contributed by atoms with E-state index in [1.807, 2.05) is 0 Å². The standard InChI is InChI=1S/C61H45GeN3O/c1-66-53-36-32-50(33-37-53)63(51-34-39-60-56(42-51)54-29-17-18-30-58(54)64(60)48-25-13-5-14-26-48)52-35-40-61-57(43-52)55-41-47(31-38-59(55)65(61)49-27-15-6-16-28-49)62(44-19-7-2-8-20-44,45-21-9-3-10-22-45)46-23-11-4-12-24-46/h2-43H,1H3. The number of anilines is 3. The molecule has 0 aliphatic heterocycles. The molecule has 5 heteroatoms. The number of rotatable bonds is 10. The van der Waals surface area contributed by atoms with Gasteiger partial charge in [-0.25, -0.2) is 0 Å². The van der Waals surface area contributed by atoms with Crippen LogP contribution in [0.25, 0.3) is 55.0 Å². The van der Waals surface area contributed by atoms with Gasteiger partial charge in [0.15, 0.2) is 0 Å². The van der Waals surface area contributed by atoms with Crippen molar-refractivity contribution in [2.45, 2.75) is 0 Å². The predicted molar refractivity (Wildman–Crippen MR) is 280 cm³/mol. The van der Waals surface area contributed by atoms with E-state index in [-0.39, 0.29) is 0 Å². The van der Waals surface area contributed by atoms with Crippen LogP contribution in [-0.2, 0) is 0 Å². The molecule has 314 valence electrons. The zero-order chi connectivity index (χ0) is 44.0. The number of hydrogen-bond acceptors (Lipinski definition) is 2. The van der Waals surface area contributed by atoms with Crippen LogP contribution in [0, 0.1) is 0 Å². The number of para-hydroxylation sites is 3. The van der Waals surface area contributed by atoms with Gasteiger partial charge in [0.25, 0.3) is 0 Å². The predicted octanol–water partition coefficient (Wildman–Crippen LogP) is 12.7. The zero-order valence-electron chi connectivity index (χ0n) is 36.5. The molecule has 2 aromatic heterocycles. The SMILES string of the molecule is COc1ccc(N(c2ccc3c(c2)c2ccccc2n3-c2ccccc2)c2ccc3c(c2)c2c[c]([Ge]([c]4ccccc4)([c]4ccccc4)[c]4ccccc4)ccc2n3-c2ccccc2)cc1. The van der Waals surface area contributed by atoms with Crippen molar-refractivity contribution in [2.24, 2.45) is 0 Å². The van der Waals surface area contributed by atoms with Crippen molar-refractivity contribution in [3.8, 4) is 17.1 Å². The Bertz CT molecular complexity index is 3570. The average molecular weight is 909 g/mol. The van der Waals surface area contributed by atoms with Crippen LogP contribution in [-0.4, -0.2) is 29.5 Å². The van der Waals surface area contributed by atoms with E-state index in [4.69, 9.17) is 4.74 Å². The van der Waals surface area contributed by atoms with Gasteiger partial charge in [-0.15, -0.1) is 0 Å². The van der Waals surface area contributed by atoms with E-state index in [9.17, 15) is 0 Å². The third kappa shape index (κ3) is 6.44. The van der Waals surface area contributed by atoms with Crippen LogP contribution in [0.1, 0.15) is 0 Å². The van der Waals surface area contributed by atoms with Gasteiger partial charge in [-0.1, -0.05) is 30.3 Å². The molecule has 4 nitrogen and oxygen atoms in total. The first-order chi connectivity index (χ1) is 32.7. The van der Waals surface area contributed by atoms with Gasteiger partial charge in [0.2, 0.25) is 0 Å². The molecule has 0 atom stereocenters. The third-order valence-corrected chi connectivity index (χ3v) is 23.4. The Morgan fingerprint density at radius 1 is 0.318 bits per heavy atom.